The number of hydrogen-bond acceptors (Lipinski definition) is 1. The number of unbranched alkanes of at least 4 members (excludes halogenated alkanes) is 4. The molecule has 0 amide bonds. The molecule has 3 atom stereocenters. The number of fused-ring (bicyclic) bond motifs is 1. The van der Waals surface area contributed by atoms with Crippen molar-refractivity contribution < 1.29 is 9.90 Å². The predicted molar refractivity (Wildman–Crippen MR) is 122 cm³/mol. The Morgan fingerprint density at radius 2 is 1.69 bits per heavy atom. The maximum absolute atomic E-state index is 11.6. The number of hydrogen-bond donors (Lipinski definition) is 1. The van der Waals surface area contributed by atoms with Crippen molar-refractivity contribution >= 4 is 5.97 Å². The second-order valence-electron chi connectivity index (χ2n) is 9.76. The summed E-state index contributed by atoms with van der Waals surface area (Å²) >= 11 is 0. The normalized spacial score (nSPS) is 25.0. The third-order valence-electron chi connectivity index (χ3n) is 7.70. The highest BCUT2D eigenvalue weighted by molar-refractivity contribution is 5.88. The van der Waals surface area contributed by atoms with Gasteiger partial charge in [-0.1, -0.05) is 77.7 Å². The molecule has 0 aliphatic heterocycles. The molecule has 0 heterocycles. The molecule has 0 radical (unpaired) electrons. The Morgan fingerprint density at radius 3 is 2.38 bits per heavy atom. The Labute approximate surface area is 178 Å². The van der Waals surface area contributed by atoms with E-state index in [1.807, 2.05) is 12.1 Å². The van der Waals surface area contributed by atoms with Crippen molar-refractivity contribution in [2.24, 2.45) is 11.8 Å². The van der Waals surface area contributed by atoms with E-state index in [9.17, 15) is 9.90 Å². The van der Waals surface area contributed by atoms with Crippen molar-refractivity contribution in [3.05, 3.63) is 34.9 Å². The fraction of sp³-hybridized carbons (Fsp3) is 0.741. The molecular formula is C27H42O2. The molecule has 1 aromatic carbocycles. The molecule has 1 fully saturated rings. The van der Waals surface area contributed by atoms with Crippen LogP contribution in [0.5, 0.6) is 0 Å². The zero-order chi connectivity index (χ0) is 20.6. The van der Waals surface area contributed by atoms with Crippen LogP contribution in [0, 0.1) is 11.8 Å². The molecule has 2 aliphatic rings. The monoisotopic (exact) mass is 398 g/mol. The molecular weight excluding hydrogens is 356 g/mol. The van der Waals surface area contributed by atoms with Gasteiger partial charge in [-0.2, -0.15) is 0 Å². The third-order valence-corrected chi connectivity index (χ3v) is 7.70. The van der Waals surface area contributed by atoms with Gasteiger partial charge in [0.15, 0.2) is 0 Å². The highest BCUT2D eigenvalue weighted by atomic mass is 16.4. The third kappa shape index (κ3) is 5.64. The largest absolute Gasteiger partial charge is 0.478 e. The lowest BCUT2D eigenvalue weighted by Crippen LogP contribution is -2.31. The van der Waals surface area contributed by atoms with E-state index in [4.69, 9.17) is 0 Å². The molecule has 0 aromatic heterocycles. The van der Waals surface area contributed by atoms with Crippen molar-refractivity contribution in [3.8, 4) is 0 Å². The fourth-order valence-corrected chi connectivity index (χ4v) is 6.32. The lowest BCUT2D eigenvalue weighted by atomic mass is 9.61. The molecule has 3 rings (SSSR count). The van der Waals surface area contributed by atoms with Gasteiger partial charge in [-0.25, -0.2) is 4.79 Å². The maximum Gasteiger partial charge on any atom is 0.335 e. The fourth-order valence-electron chi connectivity index (χ4n) is 6.32. The van der Waals surface area contributed by atoms with Gasteiger partial charge < -0.3 is 5.11 Å². The summed E-state index contributed by atoms with van der Waals surface area (Å²) in [5.74, 6) is 2.03. The molecule has 2 heteroatoms. The van der Waals surface area contributed by atoms with Crippen LogP contribution in [0.2, 0.25) is 0 Å². The summed E-state index contributed by atoms with van der Waals surface area (Å²) in [4.78, 5) is 11.6. The van der Waals surface area contributed by atoms with Crippen molar-refractivity contribution in [2.45, 2.75) is 116 Å². The van der Waals surface area contributed by atoms with Crippen LogP contribution < -0.4 is 0 Å². The van der Waals surface area contributed by atoms with Crippen LogP contribution >= 0.6 is 0 Å². The smallest absolute Gasteiger partial charge is 0.335 e. The molecule has 0 spiro atoms. The Bertz CT molecular complexity index is 644. The molecule has 0 bridgehead atoms. The first-order valence-electron chi connectivity index (χ1n) is 12.5. The van der Waals surface area contributed by atoms with Crippen molar-refractivity contribution in [3.63, 3.8) is 0 Å². The first-order valence-corrected chi connectivity index (χ1v) is 12.5. The van der Waals surface area contributed by atoms with Crippen LogP contribution in [0.25, 0.3) is 0 Å². The first kappa shape index (κ1) is 22.4. The minimum Gasteiger partial charge on any atom is -0.478 e. The Balaban J connectivity index is 1.87. The van der Waals surface area contributed by atoms with E-state index in [1.165, 1.54) is 101 Å². The van der Waals surface area contributed by atoms with E-state index >= 15 is 0 Å². The zero-order valence-electron chi connectivity index (χ0n) is 18.8. The summed E-state index contributed by atoms with van der Waals surface area (Å²) in [5.41, 5.74) is 3.37. The lowest BCUT2D eigenvalue weighted by Gasteiger charge is -2.44. The number of aromatic carboxylic acids is 1. The average molecular weight is 399 g/mol. The van der Waals surface area contributed by atoms with Crippen LogP contribution in [-0.2, 0) is 0 Å². The van der Waals surface area contributed by atoms with Crippen LogP contribution in [0.1, 0.15) is 137 Å². The highest BCUT2D eigenvalue weighted by Gasteiger charge is 2.39. The molecule has 162 valence electrons. The molecule has 29 heavy (non-hydrogen) atoms. The van der Waals surface area contributed by atoms with Crippen molar-refractivity contribution in [1.82, 2.24) is 0 Å². The van der Waals surface area contributed by atoms with Crippen LogP contribution in [0.15, 0.2) is 18.2 Å². The summed E-state index contributed by atoms with van der Waals surface area (Å²) in [6, 6.07) is 6.12. The molecule has 1 saturated carbocycles. The van der Waals surface area contributed by atoms with Gasteiger partial charge in [0.2, 0.25) is 0 Å². The maximum atomic E-state index is 11.6. The van der Waals surface area contributed by atoms with Gasteiger partial charge in [0, 0.05) is 0 Å². The van der Waals surface area contributed by atoms with E-state index in [-0.39, 0.29) is 0 Å². The second kappa shape index (κ2) is 11.2. The van der Waals surface area contributed by atoms with Crippen LogP contribution in [0.3, 0.4) is 0 Å². The lowest BCUT2D eigenvalue weighted by molar-refractivity contribution is 0.0696. The SMILES string of the molecule is CCCCCCC[C@@H]1CC(CCC)c2cc(C(=O)O)ccc2[C@H]1C1CCCCC1. The van der Waals surface area contributed by atoms with Crippen LogP contribution in [0.4, 0.5) is 0 Å². The van der Waals surface area contributed by atoms with Gasteiger partial charge in [-0.3, -0.25) is 0 Å². The highest BCUT2D eigenvalue weighted by Crippen LogP contribution is 2.52. The molecule has 2 nitrogen and oxygen atoms in total. The minimum absolute atomic E-state index is 0.477. The molecule has 0 saturated heterocycles. The molecule has 2 aliphatic carbocycles. The average Bonchev–Trinajstić information content (AvgIpc) is 2.74. The van der Waals surface area contributed by atoms with Gasteiger partial charge in [-0.05, 0) is 79.0 Å². The summed E-state index contributed by atoms with van der Waals surface area (Å²) in [6.07, 6.45) is 18.7. The topological polar surface area (TPSA) is 37.3 Å². The van der Waals surface area contributed by atoms with E-state index < -0.39 is 5.97 Å². The van der Waals surface area contributed by atoms with E-state index in [1.54, 1.807) is 0 Å². The summed E-state index contributed by atoms with van der Waals surface area (Å²) in [7, 11) is 0. The standard InChI is InChI=1S/C27H42O2/c1-3-5-6-7-9-15-22-18-21(12-4-2)25-19-23(27(28)29)16-17-24(25)26(22)20-13-10-8-11-14-20/h16-17,19-22,26H,3-15,18H2,1-2H3,(H,28,29)/t21?,22-,26+/m1/s1. The van der Waals surface area contributed by atoms with Crippen LogP contribution in [-0.4, -0.2) is 11.1 Å². The molecule has 1 N–H and O–H groups in total. The van der Waals surface area contributed by atoms with Gasteiger partial charge in [-0.15, -0.1) is 0 Å². The number of carboxylic acid groups (broad SMARTS) is 1. The van der Waals surface area contributed by atoms with Crippen molar-refractivity contribution in [2.75, 3.05) is 0 Å². The predicted octanol–water partition coefficient (Wildman–Crippen LogP) is 8.31. The van der Waals surface area contributed by atoms with E-state index in [0.29, 0.717) is 17.4 Å². The Kier molecular flexibility index (Phi) is 8.63. The number of rotatable bonds is 10. The second-order valence-corrected chi connectivity index (χ2v) is 9.76. The number of carboxylic acids is 1. The summed E-state index contributed by atoms with van der Waals surface area (Å²) in [5, 5.41) is 9.56. The summed E-state index contributed by atoms with van der Waals surface area (Å²) < 4.78 is 0. The zero-order valence-corrected chi connectivity index (χ0v) is 18.8. The quantitative estimate of drug-likeness (QED) is 0.402. The van der Waals surface area contributed by atoms with Gasteiger partial charge >= 0.3 is 5.97 Å². The molecule has 1 unspecified atom stereocenters. The first-order chi connectivity index (χ1) is 14.2. The minimum atomic E-state index is -0.782. The van der Waals surface area contributed by atoms with Gasteiger partial charge in [0.25, 0.3) is 0 Å². The van der Waals surface area contributed by atoms with Crippen molar-refractivity contribution in [1.29, 1.82) is 0 Å². The number of carbonyl (C=O) groups is 1. The van der Waals surface area contributed by atoms with Gasteiger partial charge in [0.1, 0.15) is 0 Å². The van der Waals surface area contributed by atoms with E-state index in [2.05, 4.69) is 19.9 Å². The van der Waals surface area contributed by atoms with Gasteiger partial charge in [0.05, 0.1) is 5.56 Å². The Hall–Kier alpha value is -1.31. The number of benzene rings is 1. The van der Waals surface area contributed by atoms with E-state index in [0.717, 1.165) is 11.8 Å². The molecule has 1 aromatic rings. The summed E-state index contributed by atoms with van der Waals surface area (Å²) in [6.45, 7) is 4.56. The Morgan fingerprint density at radius 1 is 0.931 bits per heavy atom.